The van der Waals surface area contributed by atoms with Crippen molar-refractivity contribution in [2.45, 2.75) is 13.1 Å². The molecule has 2 rings (SSSR count). The summed E-state index contributed by atoms with van der Waals surface area (Å²) in [4.78, 5) is 6.26. The van der Waals surface area contributed by atoms with E-state index < -0.39 is 11.9 Å². The normalized spacial score (nSPS) is 12.8. The van der Waals surface area contributed by atoms with Crippen LogP contribution in [-0.2, 0) is 0 Å². The van der Waals surface area contributed by atoms with Crippen LogP contribution < -0.4 is 0 Å². The Morgan fingerprint density at radius 1 is 1.11 bits per heavy atom. The van der Waals surface area contributed by atoms with Crippen molar-refractivity contribution in [1.82, 2.24) is 4.98 Å². The standard InChI is InChI=1S/C13H11F3N2/c1-9-5-2-3-6-10(9)18-12(13(14,15)16)11-7-4-8-17-11/h2-8,17H,1H3. The zero-order valence-corrected chi connectivity index (χ0v) is 9.62. The van der Waals surface area contributed by atoms with E-state index >= 15 is 0 Å². The maximum Gasteiger partial charge on any atom is 0.435 e. The predicted octanol–water partition coefficient (Wildman–Crippen LogP) is 4.01. The molecule has 18 heavy (non-hydrogen) atoms. The summed E-state index contributed by atoms with van der Waals surface area (Å²) in [7, 11) is 0. The van der Waals surface area contributed by atoms with Gasteiger partial charge in [-0.3, -0.25) is 0 Å². The largest absolute Gasteiger partial charge is 0.435 e. The minimum Gasteiger partial charge on any atom is -0.360 e. The highest BCUT2D eigenvalue weighted by Crippen LogP contribution is 2.26. The van der Waals surface area contributed by atoms with E-state index in [4.69, 9.17) is 0 Å². The first kappa shape index (κ1) is 12.4. The number of para-hydroxylation sites is 1. The third-order valence-corrected chi connectivity index (χ3v) is 2.47. The third kappa shape index (κ3) is 2.61. The highest BCUT2D eigenvalue weighted by Gasteiger charge is 2.37. The second-order valence-corrected chi connectivity index (χ2v) is 3.83. The minimum absolute atomic E-state index is 0.0363. The molecule has 0 amide bonds. The van der Waals surface area contributed by atoms with Gasteiger partial charge in [0.2, 0.25) is 0 Å². The molecule has 0 aliphatic heterocycles. The summed E-state index contributed by atoms with van der Waals surface area (Å²) < 4.78 is 38.8. The maximum absolute atomic E-state index is 12.9. The van der Waals surface area contributed by atoms with E-state index in [2.05, 4.69) is 9.98 Å². The second-order valence-electron chi connectivity index (χ2n) is 3.83. The summed E-state index contributed by atoms with van der Waals surface area (Å²) in [6.07, 6.45) is -3.05. The Morgan fingerprint density at radius 3 is 2.39 bits per heavy atom. The SMILES string of the molecule is Cc1ccccc1N=C(c1ccc[nH]1)C(F)(F)F. The fraction of sp³-hybridized carbons (Fsp3) is 0.154. The van der Waals surface area contributed by atoms with Crippen LogP contribution >= 0.6 is 0 Å². The van der Waals surface area contributed by atoms with E-state index in [1.165, 1.54) is 18.3 Å². The van der Waals surface area contributed by atoms with Crippen LogP contribution in [0.5, 0.6) is 0 Å². The molecule has 1 N–H and O–H groups in total. The molecule has 1 heterocycles. The van der Waals surface area contributed by atoms with Crippen LogP contribution in [-0.4, -0.2) is 16.9 Å². The van der Waals surface area contributed by atoms with Crippen molar-refractivity contribution in [2.75, 3.05) is 0 Å². The number of hydrogen-bond acceptors (Lipinski definition) is 1. The van der Waals surface area contributed by atoms with Gasteiger partial charge in [0.25, 0.3) is 0 Å². The van der Waals surface area contributed by atoms with E-state index in [9.17, 15) is 13.2 Å². The van der Waals surface area contributed by atoms with Crippen molar-refractivity contribution >= 4 is 11.4 Å². The van der Waals surface area contributed by atoms with Gasteiger partial charge >= 0.3 is 6.18 Å². The molecule has 0 fully saturated rings. The first-order valence-electron chi connectivity index (χ1n) is 5.34. The fourth-order valence-corrected chi connectivity index (χ4v) is 1.56. The van der Waals surface area contributed by atoms with Gasteiger partial charge in [-0.15, -0.1) is 0 Å². The van der Waals surface area contributed by atoms with Crippen molar-refractivity contribution in [3.05, 3.63) is 53.9 Å². The van der Waals surface area contributed by atoms with Gasteiger partial charge in [-0.05, 0) is 30.7 Å². The minimum atomic E-state index is -4.49. The van der Waals surface area contributed by atoms with Gasteiger partial charge in [0.05, 0.1) is 11.4 Å². The molecule has 0 bridgehead atoms. The Labute approximate surface area is 102 Å². The lowest BCUT2D eigenvalue weighted by Gasteiger charge is -2.10. The van der Waals surface area contributed by atoms with Crippen LogP contribution in [0.4, 0.5) is 18.9 Å². The number of aliphatic imine (C=N–C) groups is 1. The summed E-state index contributed by atoms with van der Waals surface area (Å²) in [6, 6.07) is 9.56. The summed E-state index contributed by atoms with van der Waals surface area (Å²) in [5, 5.41) is 0. The molecular formula is C13H11F3N2. The number of nitrogens with one attached hydrogen (secondary N) is 1. The lowest BCUT2D eigenvalue weighted by Crippen LogP contribution is -2.24. The van der Waals surface area contributed by atoms with Crippen LogP contribution in [0, 0.1) is 6.92 Å². The zero-order valence-electron chi connectivity index (χ0n) is 9.62. The van der Waals surface area contributed by atoms with Gasteiger partial charge < -0.3 is 4.98 Å². The van der Waals surface area contributed by atoms with Crippen LogP contribution in [0.2, 0.25) is 0 Å². The molecule has 0 aliphatic rings. The van der Waals surface area contributed by atoms with Gasteiger partial charge in [0.15, 0.2) is 5.71 Å². The molecule has 0 saturated heterocycles. The highest BCUT2D eigenvalue weighted by molar-refractivity contribution is 6.04. The summed E-state index contributed by atoms with van der Waals surface area (Å²) in [5.41, 5.74) is 0.0674. The monoisotopic (exact) mass is 252 g/mol. The molecule has 0 atom stereocenters. The lowest BCUT2D eigenvalue weighted by molar-refractivity contribution is -0.0581. The second kappa shape index (κ2) is 4.68. The average molecular weight is 252 g/mol. The fourth-order valence-electron chi connectivity index (χ4n) is 1.56. The maximum atomic E-state index is 12.9. The summed E-state index contributed by atoms with van der Waals surface area (Å²) in [6.45, 7) is 1.72. The van der Waals surface area contributed by atoms with Gasteiger partial charge in [-0.2, -0.15) is 13.2 Å². The number of aromatic amines is 1. The Kier molecular flexibility index (Phi) is 3.23. The van der Waals surface area contributed by atoms with Crippen LogP contribution in [0.25, 0.3) is 0 Å². The van der Waals surface area contributed by atoms with Crippen LogP contribution in [0.1, 0.15) is 11.3 Å². The van der Waals surface area contributed by atoms with Gasteiger partial charge in [0, 0.05) is 6.20 Å². The molecule has 94 valence electrons. The zero-order chi connectivity index (χ0) is 13.2. The molecule has 0 aliphatic carbocycles. The Bertz CT molecular complexity index is 554. The van der Waals surface area contributed by atoms with Crippen LogP contribution in [0.15, 0.2) is 47.6 Å². The first-order valence-corrected chi connectivity index (χ1v) is 5.34. The number of aryl methyl sites for hydroxylation is 1. The first-order chi connectivity index (χ1) is 8.48. The van der Waals surface area contributed by atoms with Crippen molar-refractivity contribution in [3.63, 3.8) is 0 Å². The van der Waals surface area contributed by atoms with Crippen molar-refractivity contribution < 1.29 is 13.2 Å². The Morgan fingerprint density at radius 2 is 1.83 bits per heavy atom. The van der Waals surface area contributed by atoms with E-state index in [0.717, 1.165) is 0 Å². The van der Waals surface area contributed by atoms with Gasteiger partial charge in [-0.1, -0.05) is 18.2 Å². The Balaban J connectivity index is 2.52. The molecule has 0 saturated carbocycles. The molecule has 5 heteroatoms. The van der Waals surface area contributed by atoms with E-state index in [1.54, 1.807) is 31.2 Å². The lowest BCUT2D eigenvalue weighted by atomic mass is 10.2. The van der Waals surface area contributed by atoms with E-state index in [1.807, 2.05) is 0 Å². The van der Waals surface area contributed by atoms with Gasteiger partial charge in [0.1, 0.15) is 0 Å². The molecule has 0 radical (unpaired) electrons. The third-order valence-electron chi connectivity index (χ3n) is 2.47. The number of nitrogens with zero attached hydrogens (tertiary/aromatic N) is 1. The van der Waals surface area contributed by atoms with Gasteiger partial charge in [-0.25, -0.2) is 4.99 Å². The molecule has 1 aromatic carbocycles. The average Bonchev–Trinajstić information content (AvgIpc) is 2.79. The summed E-state index contributed by atoms with van der Waals surface area (Å²) >= 11 is 0. The van der Waals surface area contributed by atoms with E-state index in [-0.39, 0.29) is 5.69 Å². The van der Waals surface area contributed by atoms with Crippen molar-refractivity contribution in [3.8, 4) is 0 Å². The predicted molar refractivity (Wildman–Crippen MR) is 64.2 cm³/mol. The van der Waals surface area contributed by atoms with E-state index in [0.29, 0.717) is 11.3 Å². The molecular weight excluding hydrogens is 241 g/mol. The smallest absolute Gasteiger partial charge is 0.360 e. The number of hydrogen-bond donors (Lipinski definition) is 1. The number of H-pyrrole nitrogens is 1. The molecule has 0 unspecified atom stereocenters. The molecule has 2 nitrogen and oxygen atoms in total. The molecule has 1 aromatic heterocycles. The molecule has 0 spiro atoms. The number of aromatic nitrogens is 1. The number of halogens is 3. The number of benzene rings is 1. The highest BCUT2D eigenvalue weighted by atomic mass is 19.4. The topological polar surface area (TPSA) is 28.1 Å². The number of alkyl halides is 3. The molecule has 2 aromatic rings. The van der Waals surface area contributed by atoms with Crippen molar-refractivity contribution in [2.24, 2.45) is 4.99 Å². The quantitative estimate of drug-likeness (QED) is 0.782. The Hall–Kier alpha value is -2.04. The van der Waals surface area contributed by atoms with Crippen LogP contribution in [0.3, 0.4) is 0 Å². The van der Waals surface area contributed by atoms with Crippen molar-refractivity contribution in [1.29, 1.82) is 0 Å². The summed E-state index contributed by atoms with van der Waals surface area (Å²) in [5.74, 6) is 0. The number of rotatable bonds is 2.